The fraction of sp³-hybridized carbons (Fsp3) is 0.296. The van der Waals surface area contributed by atoms with Crippen LogP contribution in [0.3, 0.4) is 0 Å². The predicted octanol–water partition coefficient (Wildman–Crippen LogP) is 4.95. The number of hydrogen-bond donors (Lipinski definition) is 1. The molecule has 6 heteroatoms. The lowest BCUT2D eigenvalue weighted by Gasteiger charge is -2.29. The number of rotatable bonds is 7. The van der Waals surface area contributed by atoms with Gasteiger partial charge in [0.05, 0.1) is 16.6 Å². The zero-order valence-electron chi connectivity index (χ0n) is 19.1. The van der Waals surface area contributed by atoms with Crippen LogP contribution < -0.4 is 9.62 Å². The number of sulfonamides is 1. The van der Waals surface area contributed by atoms with Gasteiger partial charge in [-0.25, -0.2) is 8.42 Å². The highest BCUT2D eigenvalue weighted by Gasteiger charge is 2.30. The fourth-order valence-electron chi connectivity index (χ4n) is 4.46. The van der Waals surface area contributed by atoms with Gasteiger partial charge >= 0.3 is 0 Å². The van der Waals surface area contributed by atoms with Gasteiger partial charge in [0.15, 0.2) is 0 Å². The number of carbonyl (C=O) groups is 1. The van der Waals surface area contributed by atoms with Crippen molar-refractivity contribution in [2.75, 3.05) is 10.8 Å². The minimum absolute atomic E-state index is 0.104. The summed E-state index contributed by atoms with van der Waals surface area (Å²) >= 11 is 0. The Labute approximate surface area is 196 Å². The molecule has 0 unspecified atom stereocenters. The van der Waals surface area contributed by atoms with Crippen LogP contribution in [0.1, 0.15) is 48.1 Å². The molecule has 5 nitrogen and oxygen atoms in total. The zero-order chi connectivity index (χ0) is 23.4. The van der Waals surface area contributed by atoms with E-state index in [-0.39, 0.29) is 23.4 Å². The van der Waals surface area contributed by atoms with E-state index in [0.29, 0.717) is 12.1 Å². The zero-order valence-corrected chi connectivity index (χ0v) is 19.9. The van der Waals surface area contributed by atoms with Crippen LogP contribution in [0, 0.1) is 6.92 Å². The van der Waals surface area contributed by atoms with Crippen molar-refractivity contribution in [3.05, 3.63) is 95.1 Å². The number of hydrogen-bond acceptors (Lipinski definition) is 3. The minimum Gasteiger partial charge on any atom is -0.348 e. The van der Waals surface area contributed by atoms with Crippen molar-refractivity contribution in [2.45, 2.75) is 50.5 Å². The molecule has 0 fully saturated rings. The lowest BCUT2D eigenvalue weighted by molar-refractivity contribution is -0.120. The molecular formula is C27H30N2O3S. The van der Waals surface area contributed by atoms with Crippen molar-refractivity contribution >= 4 is 21.6 Å². The van der Waals surface area contributed by atoms with Gasteiger partial charge in [-0.05, 0) is 67.5 Å². The summed E-state index contributed by atoms with van der Waals surface area (Å²) in [5.41, 5.74) is 4.76. The van der Waals surface area contributed by atoms with Gasteiger partial charge < -0.3 is 5.32 Å². The van der Waals surface area contributed by atoms with Crippen LogP contribution in [0.25, 0.3) is 0 Å². The van der Waals surface area contributed by atoms with E-state index in [0.717, 1.165) is 36.0 Å². The fourth-order valence-corrected chi connectivity index (χ4v) is 5.92. The highest BCUT2D eigenvalue weighted by atomic mass is 32.2. The van der Waals surface area contributed by atoms with Crippen molar-refractivity contribution in [1.29, 1.82) is 0 Å². The molecule has 1 aliphatic carbocycles. The maximum Gasteiger partial charge on any atom is 0.264 e. The Kier molecular flexibility index (Phi) is 6.84. The second-order valence-electron chi connectivity index (χ2n) is 8.52. The molecule has 33 heavy (non-hydrogen) atoms. The third-order valence-corrected chi connectivity index (χ3v) is 8.02. The molecule has 0 heterocycles. The van der Waals surface area contributed by atoms with E-state index in [1.165, 1.54) is 9.87 Å². The third kappa shape index (κ3) is 4.96. The van der Waals surface area contributed by atoms with Crippen LogP contribution in [0.2, 0.25) is 0 Å². The summed E-state index contributed by atoms with van der Waals surface area (Å²) in [7, 11) is -3.93. The van der Waals surface area contributed by atoms with E-state index in [2.05, 4.69) is 11.4 Å². The average molecular weight is 463 g/mol. The van der Waals surface area contributed by atoms with Crippen molar-refractivity contribution in [3.8, 4) is 0 Å². The molecule has 4 rings (SSSR count). The topological polar surface area (TPSA) is 66.5 Å². The number of nitrogens with one attached hydrogen (secondary N) is 1. The van der Waals surface area contributed by atoms with Gasteiger partial charge in [0.1, 0.15) is 6.54 Å². The van der Waals surface area contributed by atoms with Crippen LogP contribution in [-0.2, 0) is 27.7 Å². The minimum atomic E-state index is -3.93. The van der Waals surface area contributed by atoms with Gasteiger partial charge in [-0.2, -0.15) is 0 Å². The molecule has 1 aliphatic rings. The first-order chi connectivity index (χ1) is 15.9. The number of amides is 1. The van der Waals surface area contributed by atoms with E-state index in [9.17, 15) is 13.2 Å². The molecule has 3 aromatic rings. The Balaban J connectivity index is 1.66. The standard InChI is InChI=1S/C27H30N2O3S/c1-3-21-9-5-7-14-26(21)29(33(31,32)23-17-15-20(2)16-18-23)19-27(30)28-25-13-8-11-22-10-4-6-12-24(22)25/h4-7,9-10,12,14-18,25H,3,8,11,13,19H2,1-2H3,(H,28,30)/t25-/m1/s1. The van der Waals surface area contributed by atoms with Gasteiger partial charge in [-0.1, -0.05) is 67.1 Å². The van der Waals surface area contributed by atoms with Gasteiger partial charge in [-0.3, -0.25) is 9.10 Å². The third-order valence-electron chi connectivity index (χ3n) is 6.24. The van der Waals surface area contributed by atoms with Crippen LogP contribution in [0.4, 0.5) is 5.69 Å². The maximum absolute atomic E-state index is 13.7. The quantitative estimate of drug-likeness (QED) is 0.540. The molecule has 3 aromatic carbocycles. The van der Waals surface area contributed by atoms with E-state index in [1.807, 2.05) is 44.2 Å². The number of nitrogens with zero attached hydrogens (tertiary/aromatic N) is 1. The number of anilines is 1. The van der Waals surface area contributed by atoms with E-state index >= 15 is 0 Å². The highest BCUT2D eigenvalue weighted by Crippen LogP contribution is 2.31. The predicted molar refractivity (Wildman–Crippen MR) is 132 cm³/mol. The molecule has 1 N–H and O–H groups in total. The number of aryl methyl sites for hydroxylation is 3. The average Bonchev–Trinajstić information content (AvgIpc) is 2.83. The lowest BCUT2D eigenvalue weighted by atomic mass is 9.88. The maximum atomic E-state index is 13.7. The summed E-state index contributed by atoms with van der Waals surface area (Å²) in [5.74, 6) is -0.307. The molecule has 1 amide bonds. The largest absolute Gasteiger partial charge is 0.348 e. The normalized spacial score (nSPS) is 15.5. The van der Waals surface area contributed by atoms with Crippen LogP contribution >= 0.6 is 0 Å². The molecule has 0 spiro atoms. The number of fused-ring (bicyclic) bond motifs is 1. The number of carbonyl (C=O) groups excluding carboxylic acids is 1. The van der Waals surface area contributed by atoms with Crippen molar-refractivity contribution in [1.82, 2.24) is 5.32 Å². The Morgan fingerprint density at radius 3 is 2.45 bits per heavy atom. The van der Waals surface area contributed by atoms with E-state index in [4.69, 9.17) is 0 Å². The smallest absolute Gasteiger partial charge is 0.264 e. The van der Waals surface area contributed by atoms with Crippen molar-refractivity contribution < 1.29 is 13.2 Å². The van der Waals surface area contributed by atoms with Crippen LogP contribution in [-0.4, -0.2) is 20.9 Å². The van der Waals surface area contributed by atoms with Crippen molar-refractivity contribution in [3.63, 3.8) is 0 Å². The van der Waals surface area contributed by atoms with Gasteiger partial charge in [0.25, 0.3) is 10.0 Å². The monoisotopic (exact) mass is 462 g/mol. The second kappa shape index (κ2) is 9.79. The first-order valence-electron chi connectivity index (χ1n) is 11.4. The second-order valence-corrected chi connectivity index (χ2v) is 10.4. The summed E-state index contributed by atoms with van der Waals surface area (Å²) in [4.78, 5) is 13.4. The molecular weight excluding hydrogens is 432 g/mol. The molecule has 0 saturated carbocycles. The summed E-state index contributed by atoms with van der Waals surface area (Å²) < 4.78 is 28.6. The Morgan fingerprint density at radius 1 is 1.00 bits per heavy atom. The summed E-state index contributed by atoms with van der Waals surface area (Å²) in [6.07, 6.45) is 3.50. The van der Waals surface area contributed by atoms with E-state index in [1.54, 1.807) is 36.4 Å². The number of benzene rings is 3. The SMILES string of the molecule is CCc1ccccc1N(CC(=O)N[C@@H]1CCCc2ccccc21)S(=O)(=O)c1ccc(C)cc1. The van der Waals surface area contributed by atoms with Crippen LogP contribution in [0.5, 0.6) is 0 Å². The summed E-state index contributed by atoms with van der Waals surface area (Å²) in [6, 6.07) is 22.2. The molecule has 0 aromatic heterocycles. The molecule has 0 radical (unpaired) electrons. The Morgan fingerprint density at radius 2 is 1.70 bits per heavy atom. The number of para-hydroxylation sites is 1. The Bertz CT molecular complexity index is 1240. The molecule has 0 saturated heterocycles. The van der Waals surface area contributed by atoms with Crippen LogP contribution in [0.15, 0.2) is 77.7 Å². The lowest BCUT2D eigenvalue weighted by Crippen LogP contribution is -2.43. The Hall–Kier alpha value is -3.12. The molecule has 1 atom stereocenters. The van der Waals surface area contributed by atoms with Gasteiger partial charge in [-0.15, -0.1) is 0 Å². The summed E-state index contributed by atoms with van der Waals surface area (Å²) in [6.45, 7) is 3.62. The summed E-state index contributed by atoms with van der Waals surface area (Å²) in [5, 5.41) is 3.10. The van der Waals surface area contributed by atoms with Gasteiger partial charge in [0, 0.05) is 0 Å². The highest BCUT2D eigenvalue weighted by molar-refractivity contribution is 7.92. The van der Waals surface area contributed by atoms with Crippen molar-refractivity contribution in [2.24, 2.45) is 0 Å². The first kappa shape index (κ1) is 23.1. The van der Waals surface area contributed by atoms with Gasteiger partial charge in [0.2, 0.25) is 5.91 Å². The first-order valence-corrected chi connectivity index (χ1v) is 12.9. The molecule has 0 aliphatic heterocycles. The molecule has 172 valence electrons. The van der Waals surface area contributed by atoms with E-state index < -0.39 is 10.0 Å². The molecule has 0 bridgehead atoms.